The molecule has 4 rings (SSSR count). The molecule has 0 fully saturated rings. The SMILES string of the molecule is COc1ccc(OC)c(C2CC(=O)N=C3C2C(=O)N(C)c2ncnn23)c1. The largest absolute Gasteiger partial charge is 0.497 e. The number of methoxy groups -OCH3 is 2. The van der Waals surface area contributed by atoms with Crippen LogP contribution in [0.2, 0.25) is 0 Å². The molecule has 0 N–H and O–H groups in total. The van der Waals surface area contributed by atoms with E-state index in [1.54, 1.807) is 39.5 Å². The Morgan fingerprint density at radius 3 is 2.73 bits per heavy atom. The van der Waals surface area contributed by atoms with Crippen molar-refractivity contribution in [3.63, 3.8) is 0 Å². The quantitative estimate of drug-likeness (QED) is 0.809. The molecular weight excluding hydrogens is 338 g/mol. The van der Waals surface area contributed by atoms with Crippen LogP contribution in [0.3, 0.4) is 0 Å². The summed E-state index contributed by atoms with van der Waals surface area (Å²) >= 11 is 0. The molecule has 26 heavy (non-hydrogen) atoms. The van der Waals surface area contributed by atoms with E-state index in [9.17, 15) is 9.59 Å². The number of fused-ring (bicyclic) bond motifs is 3. The number of hydrogen-bond donors (Lipinski definition) is 0. The second-order valence-electron chi connectivity index (χ2n) is 6.13. The first-order chi connectivity index (χ1) is 12.5. The molecule has 134 valence electrons. The van der Waals surface area contributed by atoms with Crippen molar-refractivity contribution in [1.29, 1.82) is 0 Å². The van der Waals surface area contributed by atoms with Gasteiger partial charge in [-0.3, -0.25) is 14.5 Å². The van der Waals surface area contributed by atoms with Crippen LogP contribution in [0.1, 0.15) is 17.9 Å². The lowest BCUT2D eigenvalue weighted by Crippen LogP contribution is -2.51. The molecular formula is C17H17N5O4. The van der Waals surface area contributed by atoms with Gasteiger partial charge in [-0.15, -0.1) is 0 Å². The average Bonchev–Trinajstić information content (AvgIpc) is 3.15. The highest BCUT2D eigenvalue weighted by Gasteiger charge is 2.47. The van der Waals surface area contributed by atoms with E-state index in [0.717, 1.165) is 5.56 Å². The van der Waals surface area contributed by atoms with E-state index in [4.69, 9.17) is 9.47 Å². The van der Waals surface area contributed by atoms with E-state index in [-0.39, 0.29) is 18.2 Å². The van der Waals surface area contributed by atoms with Gasteiger partial charge in [-0.1, -0.05) is 0 Å². The molecule has 2 aromatic rings. The molecule has 2 atom stereocenters. The zero-order valence-electron chi connectivity index (χ0n) is 14.5. The predicted molar refractivity (Wildman–Crippen MR) is 91.7 cm³/mol. The van der Waals surface area contributed by atoms with Gasteiger partial charge in [0.25, 0.3) is 0 Å². The van der Waals surface area contributed by atoms with Crippen LogP contribution >= 0.6 is 0 Å². The number of aliphatic imine (C=N–C) groups is 1. The summed E-state index contributed by atoms with van der Waals surface area (Å²) in [7, 11) is 4.75. The standard InChI is InChI=1S/C17H17N5O4/c1-21-16(24)14-11(10-6-9(25-2)4-5-12(10)26-3)7-13(23)20-15(14)22-17(21)18-8-19-22/h4-6,8,11,14H,7H2,1-3H3. The van der Waals surface area contributed by atoms with Crippen LogP contribution in [-0.4, -0.2) is 53.7 Å². The van der Waals surface area contributed by atoms with Crippen LogP contribution in [0, 0.1) is 5.92 Å². The number of hydrogen-bond acceptors (Lipinski definition) is 6. The summed E-state index contributed by atoms with van der Waals surface area (Å²) in [6.07, 6.45) is 1.44. The lowest BCUT2D eigenvalue weighted by atomic mass is 9.78. The van der Waals surface area contributed by atoms with Crippen molar-refractivity contribution >= 4 is 23.6 Å². The number of nitrogens with zero attached hydrogens (tertiary/aromatic N) is 5. The highest BCUT2D eigenvalue weighted by molar-refractivity contribution is 6.17. The summed E-state index contributed by atoms with van der Waals surface area (Å²) in [6, 6.07) is 5.33. The fraction of sp³-hybridized carbons (Fsp3) is 0.353. The maximum absolute atomic E-state index is 13.0. The highest BCUT2D eigenvalue weighted by atomic mass is 16.5. The second-order valence-corrected chi connectivity index (χ2v) is 6.13. The van der Waals surface area contributed by atoms with Gasteiger partial charge in [0.05, 0.1) is 14.2 Å². The second kappa shape index (κ2) is 5.94. The highest BCUT2D eigenvalue weighted by Crippen LogP contribution is 2.42. The third-order valence-electron chi connectivity index (χ3n) is 4.79. The number of benzene rings is 1. The topological polar surface area (TPSA) is 98.9 Å². The van der Waals surface area contributed by atoms with Gasteiger partial charge in [0, 0.05) is 24.9 Å². The first-order valence-electron chi connectivity index (χ1n) is 8.06. The Labute approximate surface area is 149 Å². The Morgan fingerprint density at radius 2 is 2.00 bits per heavy atom. The van der Waals surface area contributed by atoms with Crippen LogP contribution in [0.25, 0.3) is 0 Å². The summed E-state index contributed by atoms with van der Waals surface area (Å²) in [6.45, 7) is 0. The fourth-order valence-electron chi connectivity index (χ4n) is 3.54. The average molecular weight is 355 g/mol. The molecule has 9 nitrogen and oxygen atoms in total. The molecule has 3 heterocycles. The maximum atomic E-state index is 13.0. The van der Waals surface area contributed by atoms with E-state index in [1.165, 1.54) is 15.9 Å². The van der Waals surface area contributed by atoms with E-state index in [2.05, 4.69) is 15.1 Å². The number of rotatable bonds is 3. The van der Waals surface area contributed by atoms with Gasteiger partial charge in [-0.05, 0) is 18.2 Å². The molecule has 1 aromatic heterocycles. The molecule has 9 heteroatoms. The van der Waals surface area contributed by atoms with Crippen molar-refractivity contribution < 1.29 is 19.1 Å². The zero-order valence-corrected chi connectivity index (χ0v) is 14.5. The number of carbonyl (C=O) groups excluding carboxylic acids is 2. The lowest BCUT2D eigenvalue weighted by Gasteiger charge is -2.36. The minimum atomic E-state index is -0.659. The summed E-state index contributed by atoms with van der Waals surface area (Å²) in [4.78, 5) is 35.0. The van der Waals surface area contributed by atoms with E-state index >= 15 is 0 Å². The van der Waals surface area contributed by atoms with E-state index < -0.39 is 11.8 Å². The number of amides is 2. The van der Waals surface area contributed by atoms with Crippen LogP contribution in [0.5, 0.6) is 11.5 Å². The van der Waals surface area contributed by atoms with Gasteiger partial charge in [0.15, 0.2) is 5.84 Å². The Balaban J connectivity index is 1.89. The number of aromatic nitrogens is 3. The van der Waals surface area contributed by atoms with Gasteiger partial charge in [-0.25, -0.2) is 0 Å². The maximum Gasteiger partial charge on any atom is 0.248 e. The van der Waals surface area contributed by atoms with Gasteiger partial charge in [0.2, 0.25) is 17.8 Å². The van der Waals surface area contributed by atoms with Crippen molar-refractivity contribution in [3.05, 3.63) is 30.1 Å². The van der Waals surface area contributed by atoms with Crippen LogP contribution in [-0.2, 0) is 9.59 Å². The van der Waals surface area contributed by atoms with Crippen molar-refractivity contribution in [2.45, 2.75) is 12.3 Å². The van der Waals surface area contributed by atoms with Crippen LogP contribution in [0.4, 0.5) is 5.95 Å². The summed E-state index contributed by atoms with van der Waals surface area (Å²) in [5.74, 6) is 0.250. The monoisotopic (exact) mass is 355 g/mol. The fourth-order valence-corrected chi connectivity index (χ4v) is 3.54. The van der Waals surface area contributed by atoms with Crippen molar-refractivity contribution in [3.8, 4) is 11.5 Å². The van der Waals surface area contributed by atoms with Gasteiger partial charge in [-0.2, -0.15) is 19.8 Å². The molecule has 0 spiro atoms. The number of ether oxygens (including phenoxy) is 2. The van der Waals surface area contributed by atoms with Crippen LogP contribution in [0.15, 0.2) is 29.5 Å². The van der Waals surface area contributed by atoms with Gasteiger partial charge < -0.3 is 9.47 Å². The molecule has 2 aliphatic rings. The third kappa shape index (κ3) is 2.27. The minimum Gasteiger partial charge on any atom is -0.497 e. The molecule has 0 bridgehead atoms. The van der Waals surface area contributed by atoms with Gasteiger partial charge in [0.1, 0.15) is 23.7 Å². The third-order valence-corrected chi connectivity index (χ3v) is 4.79. The molecule has 0 radical (unpaired) electrons. The van der Waals surface area contributed by atoms with Crippen molar-refractivity contribution in [2.75, 3.05) is 26.2 Å². The van der Waals surface area contributed by atoms with Crippen LogP contribution < -0.4 is 14.4 Å². The predicted octanol–water partition coefficient (Wildman–Crippen LogP) is 0.849. The number of carbonyl (C=O) groups is 2. The molecule has 0 aliphatic carbocycles. The normalized spacial score (nSPS) is 21.8. The summed E-state index contributed by atoms with van der Waals surface area (Å²) in [5.41, 5.74) is 0.725. The van der Waals surface area contributed by atoms with Gasteiger partial charge >= 0.3 is 0 Å². The molecule has 1 aromatic carbocycles. The number of anilines is 1. The smallest absolute Gasteiger partial charge is 0.248 e. The lowest BCUT2D eigenvalue weighted by molar-refractivity contribution is -0.123. The molecule has 0 saturated heterocycles. The molecule has 2 amide bonds. The Morgan fingerprint density at radius 1 is 1.19 bits per heavy atom. The molecule has 2 aliphatic heterocycles. The first kappa shape index (κ1) is 16.2. The Kier molecular flexibility index (Phi) is 3.71. The molecule has 2 unspecified atom stereocenters. The van der Waals surface area contributed by atoms with Crippen molar-refractivity contribution in [2.24, 2.45) is 10.9 Å². The summed E-state index contributed by atoms with van der Waals surface area (Å²) < 4.78 is 12.2. The Hall–Kier alpha value is -3.23. The Bertz CT molecular complexity index is 935. The van der Waals surface area contributed by atoms with E-state index in [0.29, 0.717) is 23.3 Å². The molecule has 0 saturated carbocycles. The zero-order chi connectivity index (χ0) is 18.4. The van der Waals surface area contributed by atoms with E-state index in [1.807, 2.05) is 0 Å². The first-order valence-corrected chi connectivity index (χ1v) is 8.06. The minimum absolute atomic E-state index is 0.0985. The van der Waals surface area contributed by atoms with Crippen molar-refractivity contribution in [1.82, 2.24) is 14.8 Å². The summed E-state index contributed by atoms with van der Waals surface area (Å²) in [5, 5.41) is 4.14.